The first kappa shape index (κ1) is 16.4. The maximum atomic E-state index is 13.0. The van der Waals surface area contributed by atoms with Crippen LogP contribution in [0.25, 0.3) is 0 Å². The van der Waals surface area contributed by atoms with Gasteiger partial charge in [0.25, 0.3) is 5.91 Å². The molecule has 1 heterocycles. The molecule has 5 heteroatoms. The Morgan fingerprint density at radius 2 is 2.00 bits per heavy atom. The molecule has 1 amide bonds. The molecule has 0 radical (unpaired) electrons. The number of aryl methyl sites for hydroxylation is 1. The molecule has 0 spiro atoms. The smallest absolute Gasteiger partial charge is 0.287 e. The van der Waals surface area contributed by atoms with Crippen LogP contribution in [0.15, 0.2) is 45.6 Å². The number of halogens is 1. The van der Waals surface area contributed by atoms with E-state index in [0.717, 1.165) is 31.2 Å². The van der Waals surface area contributed by atoms with Crippen molar-refractivity contribution in [3.05, 3.63) is 69.5 Å². The van der Waals surface area contributed by atoms with Gasteiger partial charge in [-0.05, 0) is 49.8 Å². The summed E-state index contributed by atoms with van der Waals surface area (Å²) in [5.41, 5.74) is 0.822. The highest BCUT2D eigenvalue weighted by Crippen LogP contribution is 2.29. The van der Waals surface area contributed by atoms with E-state index in [1.165, 1.54) is 24.3 Å². The zero-order chi connectivity index (χ0) is 17.1. The standard InChI is InChI=1S/C19H20FNO3/c1-12-9-16(22)11-18(24-12)19(23)21-17-4-2-3-14(17)10-13-5-7-15(20)8-6-13/h5-9,11,14,17H,2-4,10H2,1H3,(H,21,23)/t14-,17-/m1/s1. The quantitative estimate of drug-likeness (QED) is 0.937. The van der Waals surface area contributed by atoms with Gasteiger partial charge in [0.05, 0.1) is 0 Å². The molecular formula is C19H20FNO3. The SMILES string of the molecule is Cc1cc(=O)cc(C(=O)N[C@@H]2CCC[C@@H]2Cc2ccc(F)cc2)o1. The molecular weight excluding hydrogens is 309 g/mol. The van der Waals surface area contributed by atoms with Crippen LogP contribution in [-0.4, -0.2) is 11.9 Å². The maximum Gasteiger partial charge on any atom is 0.287 e. The van der Waals surface area contributed by atoms with Crippen molar-refractivity contribution in [3.8, 4) is 0 Å². The number of rotatable bonds is 4. The van der Waals surface area contributed by atoms with Crippen LogP contribution in [0.3, 0.4) is 0 Å². The van der Waals surface area contributed by atoms with Gasteiger partial charge in [0.2, 0.25) is 0 Å². The number of benzene rings is 1. The van der Waals surface area contributed by atoms with Crippen molar-refractivity contribution in [2.45, 2.75) is 38.6 Å². The molecule has 0 saturated heterocycles. The van der Waals surface area contributed by atoms with Crippen molar-refractivity contribution in [2.75, 3.05) is 0 Å². The molecule has 0 aliphatic heterocycles. The van der Waals surface area contributed by atoms with Crippen LogP contribution < -0.4 is 10.7 Å². The second kappa shape index (κ2) is 6.99. The van der Waals surface area contributed by atoms with Gasteiger partial charge in [0.15, 0.2) is 11.2 Å². The molecule has 126 valence electrons. The van der Waals surface area contributed by atoms with Gasteiger partial charge in [-0.2, -0.15) is 0 Å². The van der Waals surface area contributed by atoms with E-state index < -0.39 is 0 Å². The van der Waals surface area contributed by atoms with Crippen LogP contribution >= 0.6 is 0 Å². The van der Waals surface area contributed by atoms with Gasteiger partial charge in [-0.15, -0.1) is 0 Å². The average molecular weight is 329 g/mol. The van der Waals surface area contributed by atoms with Crippen LogP contribution in [0.1, 0.15) is 41.1 Å². The second-order valence-electron chi connectivity index (χ2n) is 6.37. The van der Waals surface area contributed by atoms with Gasteiger partial charge in [0.1, 0.15) is 11.6 Å². The summed E-state index contributed by atoms with van der Waals surface area (Å²) in [5.74, 6) is 0.168. The van der Waals surface area contributed by atoms with E-state index in [2.05, 4.69) is 5.32 Å². The Hall–Kier alpha value is -2.43. The number of nitrogens with one attached hydrogen (secondary N) is 1. The number of carbonyl (C=O) groups excluding carboxylic acids is 1. The van der Waals surface area contributed by atoms with Crippen LogP contribution in [-0.2, 0) is 6.42 Å². The van der Waals surface area contributed by atoms with Gasteiger partial charge >= 0.3 is 0 Å². The van der Waals surface area contributed by atoms with E-state index >= 15 is 0 Å². The highest BCUT2D eigenvalue weighted by Gasteiger charge is 2.29. The Labute approximate surface area is 139 Å². The van der Waals surface area contributed by atoms with E-state index in [4.69, 9.17) is 4.42 Å². The fourth-order valence-corrected chi connectivity index (χ4v) is 3.35. The predicted molar refractivity (Wildman–Crippen MR) is 88.4 cm³/mol. The van der Waals surface area contributed by atoms with Crippen molar-refractivity contribution in [3.63, 3.8) is 0 Å². The molecule has 0 bridgehead atoms. The van der Waals surface area contributed by atoms with Crippen molar-refractivity contribution in [2.24, 2.45) is 5.92 Å². The largest absolute Gasteiger partial charge is 0.456 e. The summed E-state index contributed by atoms with van der Waals surface area (Å²) in [6.07, 6.45) is 3.74. The molecule has 1 aromatic heterocycles. The summed E-state index contributed by atoms with van der Waals surface area (Å²) in [7, 11) is 0. The molecule has 4 nitrogen and oxygen atoms in total. The molecule has 1 N–H and O–H groups in total. The van der Waals surface area contributed by atoms with E-state index in [9.17, 15) is 14.0 Å². The van der Waals surface area contributed by atoms with Crippen LogP contribution in [0, 0.1) is 18.7 Å². The minimum absolute atomic E-state index is 0.0355. The van der Waals surface area contributed by atoms with Gasteiger partial charge in [-0.25, -0.2) is 4.39 Å². The molecule has 1 aromatic carbocycles. The molecule has 24 heavy (non-hydrogen) atoms. The summed E-state index contributed by atoms with van der Waals surface area (Å²) in [6.45, 7) is 1.64. The van der Waals surface area contributed by atoms with Crippen LogP contribution in [0.5, 0.6) is 0 Å². The molecule has 1 fully saturated rings. The van der Waals surface area contributed by atoms with Crippen molar-refractivity contribution >= 4 is 5.91 Å². The maximum absolute atomic E-state index is 13.0. The molecule has 2 aromatic rings. The van der Waals surface area contributed by atoms with Crippen molar-refractivity contribution in [1.82, 2.24) is 5.32 Å². The highest BCUT2D eigenvalue weighted by molar-refractivity contribution is 5.91. The van der Waals surface area contributed by atoms with Gasteiger partial charge in [-0.1, -0.05) is 18.6 Å². The van der Waals surface area contributed by atoms with E-state index in [1.54, 1.807) is 19.1 Å². The van der Waals surface area contributed by atoms with Crippen molar-refractivity contribution < 1.29 is 13.6 Å². The zero-order valence-electron chi connectivity index (χ0n) is 13.5. The number of hydrogen-bond donors (Lipinski definition) is 1. The first-order valence-corrected chi connectivity index (χ1v) is 8.18. The Morgan fingerprint density at radius 1 is 1.25 bits per heavy atom. The number of hydrogen-bond acceptors (Lipinski definition) is 3. The molecule has 2 atom stereocenters. The first-order chi connectivity index (χ1) is 11.5. The lowest BCUT2D eigenvalue weighted by molar-refractivity contribution is 0.0895. The van der Waals surface area contributed by atoms with Gasteiger partial charge in [-0.3, -0.25) is 9.59 Å². The summed E-state index contributed by atoms with van der Waals surface area (Å²) in [5, 5.41) is 2.99. The molecule has 1 aliphatic carbocycles. The molecule has 3 rings (SSSR count). The van der Waals surface area contributed by atoms with Gasteiger partial charge in [0, 0.05) is 18.2 Å². The van der Waals surface area contributed by atoms with Crippen LogP contribution in [0.4, 0.5) is 4.39 Å². The fourth-order valence-electron chi connectivity index (χ4n) is 3.35. The van der Waals surface area contributed by atoms with E-state index in [1.807, 2.05) is 0 Å². The van der Waals surface area contributed by atoms with E-state index in [0.29, 0.717) is 11.7 Å². The minimum Gasteiger partial charge on any atom is -0.456 e. The highest BCUT2D eigenvalue weighted by atomic mass is 19.1. The minimum atomic E-state index is -0.355. The van der Waals surface area contributed by atoms with Crippen molar-refractivity contribution in [1.29, 1.82) is 0 Å². The monoisotopic (exact) mass is 329 g/mol. The summed E-state index contributed by atoms with van der Waals surface area (Å²) in [6, 6.07) is 9.08. The third-order valence-electron chi connectivity index (χ3n) is 4.50. The lowest BCUT2D eigenvalue weighted by atomic mass is 9.94. The Balaban J connectivity index is 1.68. The first-order valence-electron chi connectivity index (χ1n) is 8.18. The third kappa shape index (κ3) is 3.91. The molecule has 0 unspecified atom stereocenters. The Morgan fingerprint density at radius 3 is 2.71 bits per heavy atom. The summed E-state index contributed by atoms with van der Waals surface area (Å²) in [4.78, 5) is 23.9. The number of amides is 1. The Bertz CT molecular complexity index is 782. The Kier molecular flexibility index (Phi) is 4.79. The number of carbonyl (C=O) groups is 1. The summed E-state index contributed by atoms with van der Waals surface area (Å²) >= 11 is 0. The molecule has 1 saturated carbocycles. The third-order valence-corrected chi connectivity index (χ3v) is 4.50. The fraction of sp³-hybridized carbons (Fsp3) is 0.368. The van der Waals surface area contributed by atoms with E-state index in [-0.39, 0.29) is 29.0 Å². The normalized spacial score (nSPS) is 20.1. The average Bonchev–Trinajstić information content (AvgIpc) is 2.95. The lowest BCUT2D eigenvalue weighted by Gasteiger charge is -2.21. The summed E-state index contributed by atoms with van der Waals surface area (Å²) < 4.78 is 18.4. The topological polar surface area (TPSA) is 59.3 Å². The lowest BCUT2D eigenvalue weighted by Crippen LogP contribution is -2.38. The predicted octanol–water partition coefficient (Wildman–Crippen LogP) is 3.23. The zero-order valence-corrected chi connectivity index (χ0v) is 13.5. The second-order valence-corrected chi connectivity index (χ2v) is 6.37. The van der Waals surface area contributed by atoms with Gasteiger partial charge < -0.3 is 9.73 Å². The van der Waals surface area contributed by atoms with Crippen LogP contribution in [0.2, 0.25) is 0 Å². The molecule has 1 aliphatic rings.